The van der Waals surface area contributed by atoms with Gasteiger partial charge >= 0.3 is 11.9 Å². The second-order valence-electron chi connectivity index (χ2n) is 7.76. The lowest BCUT2D eigenvalue weighted by atomic mass is 9.77. The van der Waals surface area contributed by atoms with E-state index in [9.17, 15) is 14.0 Å². The summed E-state index contributed by atoms with van der Waals surface area (Å²) in [6.07, 6.45) is 5.98. The fraction of sp³-hybridized carbons (Fsp3) is 0.500. The number of aromatic nitrogens is 2. The van der Waals surface area contributed by atoms with E-state index >= 15 is 0 Å². The van der Waals surface area contributed by atoms with Gasteiger partial charge in [-0.15, -0.1) is 0 Å². The average molecular weight is 620 g/mol. The Morgan fingerprint density at radius 3 is 1.94 bits per heavy atom. The van der Waals surface area contributed by atoms with E-state index in [0.29, 0.717) is 39.3 Å². The Bertz CT molecular complexity index is 898. The van der Waals surface area contributed by atoms with Gasteiger partial charge in [0.1, 0.15) is 5.41 Å². The van der Waals surface area contributed by atoms with Crippen molar-refractivity contribution < 1.29 is 32.9 Å². The quantitative estimate of drug-likeness (QED) is 0.362. The predicted octanol–water partition coefficient (Wildman–Crippen LogP) is 4.63. The molecular formula is C24H29Br2FN2O6. The number of methoxy groups -OCH3 is 2. The maximum absolute atomic E-state index is 12.0. The van der Waals surface area contributed by atoms with E-state index in [0.717, 1.165) is 27.5 Å². The number of rotatable bonds is 3. The standard InChI is InChI=1S/C12H14BrNO3.C7H12O3.C5H3BrFN/c1-16-11(15)12(4-6-17-7-5-12)10-3-2-9(13)8-14-10;1-9-7(8)6-2-4-10-5-3-6;6-4-1-2-5(7)8-3-4/h2-3,8H,4-7H2,1H3;6H,2-5H2,1H3;1-3H. The van der Waals surface area contributed by atoms with Crippen molar-refractivity contribution in [3.8, 4) is 0 Å². The molecule has 0 amide bonds. The molecule has 192 valence electrons. The van der Waals surface area contributed by atoms with E-state index in [4.69, 9.17) is 14.2 Å². The van der Waals surface area contributed by atoms with Gasteiger partial charge < -0.3 is 18.9 Å². The number of hydrogen-bond acceptors (Lipinski definition) is 8. The van der Waals surface area contributed by atoms with E-state index in [1.54, 1.807) is 12.3 Å². The fourth-order valence-electron chi connectivity index (χ4n) is 3.60. The van der Waals surface area contributed by atoms with Crippen LogP contribution in [0.1, 0.15) is 31.4 Å². The van der Waals surface area contributed by atoms with E-state index in [1.807, 2.05) is 12.1 Å². The molecular weight excluding hydrogens is 591 g/mol. The summed E-state index contributed by atoms with van der Waals surface area (Å²) in [5.74, 6) is -0.689. The minimum absolute atomic E-state index is 0.0822. The van der Waals surface area contributed by atoms with Crippen molar-refractivity contribution in [1.82, 2.24) is 9.97 Å². The molecule has 0 atom stereocenters. The first kappa shape index (κ1) is 29.3. The minimum atomic E-state index is -0.645. The summed E-state index contributed by atoms with van der Waals surface area (Å²) in [5, 5.41) is 0. The fourth-order valence-corrected chi connectivity index (χ4v) is 4.07. The normalized spacial score (nSPS) is 17.1. The molecule has 0 saturated carbocycles. The minimum Gasteiger partial charge on any atom is -0.469 e. The first-order valence-electron chi connectivity index (χ1n) is 11.0. The largest absolute Gasteiger partial charge is 0.469 e. The van der Waals surface area contributed by atoms with Crippen LogP contribution in [-0.4, -0.2) is 62.6 Å². The van der Waals surface area contributed by atoms with Crippen LogP contribution in [0.25, 0.3) is 0 Å². The van der Waals surface area contributed by atoms with Crippen LogP contribution in [0.5, 0.6) is 0 Å². The summed E-state index contributed by atoms with van der Waals surface area (Å²) < 4.78 is 33.6. The number of carbonyl (C=O) groups excluding carboxylic acids is 2. The molecule has 0 N–H and O–H groups in total. The van der Waals surface area contributed by atoms with Crippen LogP contribution in [0.4, 0.5) is 4.39 Å². The molecule has 35 heavy (non-hydrogen) atoms. The van der Waals surface area contributed by atoms with Crippen molar-refractivity contribution in [1.29, 1.82) is 0 Å². The van der Waals surface area contributed by atoms with Gasteiger partial charge in [-0.25, -0.2) is 4.98 Å². The van der Waals surface area contributed by atoms with Crippen molar-refractivity contribution in [3.63, 3.8) is 0 Å². The van der Waals surface area contributed by atoms with Gasteiger partial charge in [0.05, 0.1) is 25.8 Å². The van der Waals surface area contributed by atoms with Crippen LogP contribution in [0.15, 0.2) is 45.6 Å². The zero-order valence-corrected chi connectivity index (χ0v) is 22.8. The number of halogens is 3. The van der Waals surface area contributed by atoms with E-state index in [-0.39, 0.29) is 17.9 Å². The molecule has 8 nitrogen and oxygen atoms in total. The van der Waals surface area contributed by atoms with Crippen LogP contribution in [0.2, 0.25) is 0 Å². The van der Waals surface area contributed by atoms with Gasteiger partial charge in [-0.1, -0.05) is 0 Å². The molecule has 0 spiro atoms. The highest BCUT2D eigenvalue weighted by Crippen LogP contribution is 2.35. The van der Waals surface area contributed by atoms with E-state index in [2.05, 4.69) is 46.6 Å². The Balaban J connectivity index is 0.000000204. The lowest BCUT2D eigenvalue weighted by molar-refractivity contribution is -0.152. The zero-order valence-electron chi connectivity index (χ0n) is 19.7. The van der Waals surface area contributed by atoms with Crippen molar-refractivity contribution in [3.05, 3.63) is 57.2 Å². The smallest absolute Gasteiger partial charge is 0.318 e. The molecule has 2 aromatic heterocycles. The Morgan fingerprint density at radius 1 is 0.914 bits per heavy atom. The molecule has 11 heteroatoms. The van der Waals surface area contributed by atoms with Gasteiger partial charge in [0.2, 0.25) is 5.95 Å². The molecule has 4 rings (SSSR count). The molecule has 2 aliphatic rings. The topological polar surface area (TPSA) is 96.8 Å². The van der Waals surface area contributed by atoms with Gasteiger partial charge in [0.25, 0.3) is 0 Å². The van der Waals surface area contributed by atoms with Crippen molar-refractivity contribution in [2.24, 2.45) is 5.92 Å². The predicted molar refractivity (Wildman–Crippen MR) is 133 cm³/mol. The number of hydrogen-bond donors (Lipinski definition) is 0. The van der Waals surface area contributed by atoms with Gasteiger partial charge in [-0.3, -0.25) is 14.6 Å². The van der Waals surface area contributed by atoms with Gasteiger partial charge in [0, 0.05) is 47.8 Å². The number of carbonyl (C=O) groups is 2. The molecule has 0 unspecified atom stereocenters. The van der Waals surface area contributed by atoms with E-state index in [1.165, 1.54) is 26.5 Å². The molecule has 0 aromatic carbocycles. The van der Waals surface area contributed by atoms with Crippen molar-refractivity contribution >= 4 is 43.8 Å². The molecule has 2 aliphatic heterocycles. The number of pyridine rings is 2. The van der Waals surface area contributed by atoms with Crippen molar-refractivity contribution in [2.75, 3.05) is 40.6 Å². The van der Waals surface area contributed by atoms with E-state index < -0.39 is 11.4 Å². The summed E-state index contributed by atoms with van der Waals surface area (Å²) in [7, 11) is 2.84. The maximum Gasteiger partial charge on any atom is 0.318 e. The first-order valence-corrected chi connectivity index (χ1v) is 12.6. The molecule has 0 radical (unpaired) electrons. The molecule has 0 aliphatic carbocycles. The number of ether oxygens (including phenoxy) is 4. The van der Waals surface area contributed by atoms with Crippen LogP contribution in [-0.2, 0) is 34.0 Å². The Hall–Kier alpha value is -1.95. The Morgan fingerprint density at radius 2 is 1.49 bits per heavy atom. The number of nitrogens with zero attached hydrogens (tertiary/aromatic N) is 2. The number of esters is 2. The monoisotopic (exact) mass is 618 g/mol. The molecule has 2 saturated heterocycles. The highest BCUT2D eigenvalue weighted by atomic mass is 79.9. The van der Waals surface area contributed by atoms with Gasteiger partial charge in [-0.05, 0) is 81.8 Å². The summed E-state index contributed by atoms with van der Waals surface area (Å²) in [4.78, 5) is 30.6. The summed E-state index contributed by atoms with van der Waals surface area (Å²) in [6, 6.07) is 6.65. The third-order valence-corrected chi connectivity index (χ3v) is 6.53. The SMILES string of the molecule is COC(=O)C1(c2ccc(Br)cn2)CCOCC1.COC(=O)C1CCOCC1.Fc1ccc(Br)cn1. The zero-order chi connectivity index (χ0) is 25.7. The highest BCUT2D eigenvalue weighted by molar-refractivity contribution is 9.10. The van der Waals surface area contributed by atoms with Gasteiger partial charge in [-0.2, -0.15) is 4.39 Å². The average Bonchev–Trinajstić information content (AvgIpc) is 2.91. The Labute approximate surface area is 221 Å². The Kier molecular flexibility index (Phi) is 12.7. The molecule has 2 aromatic rings. The first-order chi connectivity index (χ1) is 16.8. The van der Waals surface area contributed by atoms with Crippen molar-refractivity contribution in [2.45, 2.75) is 31.1 Å². The second-order valence-corrected chi connectivity index (χ2v) is 9.59. The van der Waals surface area contributed by atoms with Crippen LogP contribution in [0, 0.1) is 11.9 Å². The van der Waals surface area contributed by atoms with Crippen LogP contribution in [0.3, 0.4) is 0 Å². The van der Waals surface area contributed by atoms with Crippen LogP contribution >= 0.6 is 31.9 Å². The lowest BCUT2D eigenvalue weighted by Crippen LogP contribution is -2.42. The molecule has 2 fully saturated rings. The third kappa shape index (κ3) is 9.21. The molecule has 4 heterocycles. The second kappa shape index (κ2) is 15.2. The summed E-state index contributed by atoms with van der Waals surface area (Å²) >= 11 is 6.45. The third-order valence-electron chi connectivity index (χ3n) is 5.59. The van der Waals surface area contributed by atoms with Crippen LogP contribution < -0.4 is 0 Å². The highest BCUT2D eigenvalue weighted by Gasteiger charge is 2.44. The summed E-state index contributed by atoms with van der Waals surface area (Å²) in [5.41, 5.74) is 0.115. The molecule has 0 bridgehead atoms. The van der Waals surface area contributed by atoms with Gasteiger partial charge in [0.15, 0.2) is 0 Å². The summed E-state index contributed by atoms with van der Waals surface area (Å²) in [6.45, 7) is 2.51. The lowest BCUT2D eigenvalue weighted by Gasteiger charge is -2.33. The maximum atomic E-state index is 12.0.